The van der Waals surface area contributed by atoms with Crippen LogP contribution in [-0.2, 0) is 16.6 Å². The molecule has 0 aliphatic carbocycles. The van der Waals surface area contributed by atoms with Gasteiger partial charge in [0.05, 0.1) is 4.90 Å². The SMILES string of the molecule is O=C(NCCCO)c1cccc(S(=O)(=O)NCc2ccccc2)c1. The number of sulfonamides is 1. The van der Waals surface area contributed by atoms with Crippen molar-refractivity contribution in [3.05, 3.63) is 65.7 Å². The third-order valence-electron chi connectivity index (χ3n) is 3.34. The van der Waals surface area contributed by atoms with Crippen LogP contribution in [0.4, 0.5) is 0 Å². The number of aliphatic hydroxyl groups is 1. The smallest absolute Gasteiger partial charge is 0.251 e. The molecule has 0 heterocycles. The van der Waals surface area contributed by atoms with E-state index in [0.29, 0.717) is 13.0 Å². The predicted molar refractivity (Wildman–Crippen MR) is 90.9 cm³/mol. The molecule has 0 fully saturated rings. The average molecular weight is 348 g/mol. The number of carbonyl (C=O) groups is 1. The lowest BCUT2D eigenvalue weighted by Crippen LogP contribution is -2.26. The van der Waals surface area contributed by atoms with E-state index in [-0.39, 0.29) is 29.5 Å². The maximum Gasteiger partial charge on any atom is 0.251 e. The summed E-state index contributed by atoms with van der Waals surface area (Å²) < 4.78 is 27.2. The normalized spacial score (nSPS) is 11.2. The molecule has 128 valence electrons. The largest absolute Gasteiger partial charge is 0.396 e. The van der Waals surface area contributed by atoms with E-state index < -0.39 is 10.0 Å². The van der Waals surface area contributed by atoms with E-state index in [9.17, 15) is 13.2 Å². The summed E-state index contributed by atoms with van der Waals surface area (Å²) in [6.45, 7) is 0.493. The Labute approximate surface area is 141 Å². The molecule has 2 rings (SSSR count). The average Bonchev–Trinajstić information content (AvgIpc) is 2.61. The molecular weight excluding hydrogens is 328 g/mol. The maximum atomic E-state index is 12.4. The van der Waals surface area contributed by atoms with Gasteiger partial charge in [-0.15, -0.1) is 0 Å². The van der Waals surface area contributed by atoms with E-state index in [1.165, 1.54) is 18.2 Å². The van der Waals surface area contributed by atoms with Crippen LogP contribution in [-0.4, -0.2) is 32.6 Å². The van der Waals surface area contributed by atoms with Crippen molar-refractivity contribution in [1.29, 1.82) is 0 Å². The first-order valence-electron chi connectivity index (χ1n) is 7.55. The summed E-state index contributed by atoms with van der Waals surface area (Å²) in [5.74, 6) is -0.372. The van der Waals surface area contributed by atoms with E-state index in [4.69, 9.17) is 5.11 Å². The molecule has 0 radical (unpaired) electrons. The zero-order chi connectivity index (χ0) is 17.4. The van der Waals surface area contributed by atoms with Crippen molar-refractivity contribution in [2.75, 3.05) is 13.2 Å². The Balaban J connectivity index is 2.07. The summed E-state index contributed by atoms with van der Waals surface area (Å²) in [6, 6.07) is 15.0. The van der Waals surface area contributed by atoms with Gasteiger partial charge in [0.25, 0.3) is 5.91 Å². The molecule has 0 atom stereocenters. The van der Waals surface area contributed by atoms with Crippen molar-refractivity contribution in [1.82, 2.24) is 10.0 Å². The standard InChI is InChI=1S/C17H20N2O4S/c20-11-5-10-18-17(21)15-8-4-9-16(12-15)24(22,23)19-13-14-6-2-1-3-7-14/h1-4,6-9,12,19-20H,5,10-11,13H2,(H,18,21). The summed E-state index contributed by atoms with van der Waals surface area (Å²) in [4.78, 5) is 12.0. The molecular formula is C17H20N2O4S. The fraction of sp³-hybridized carbons (Fsp3) is 0.235. The van der Waals surface area contributed by atoms with Gasteiger partial charge < -0.3 is 10.4 Å². The molecule has 6 nitrogen and oxygen atoms in total. The van der Waals surface area contributed by atoms with Crippen molar-refractivity contribution in [2.45, 2.75) is 17.9 Å². The second kappa shape index (κ2) is 8.58. The molecule has 0 saturated heterocycles. The minimum absolute atomic E-state index is 0.0158. The van der Waals surface area contributed by atoms with Gasteiger partial charge in [0.15, 0.2) is 0 Å². The van der Waals surface area contributed by atoms with Gasteiger partial charge in [-0.3, -0.25) is 4.79 Å². The van der Waals surface area contributed by atoms with E-state index in [1.54, 1.807) is 6.07 Å². The number of aliphatic hydroxyl groups excluding tert-OH is 1. The van der Waals surface area contributed by atoms with Crippen molar-refractivity contribution >= 4 is 15.9 Å². The highest BCUT2D eigenvalue weighted by Gasteiger charge is 2.16. The van der Waals surface area contributed by atoms with Crippen LogP contribution in [0, 0.1) is 0 Å². The fourth-order valence-corrected chi connectivity index (χ4v) is 3.11. The van der Waals surface area contributed by atoms with Crippen LogP contribution < -0.4 is 10.0 Å². The Morgan fingerprint density at radius 2 is 1.79 bits per heavy atom. The van der Waals surface area contributed by atoms with Crippen LogP contribution in [0.15, 0.2) is 59.5 Å². The third-order valence-corrected chi connectivity index (χ3v) is 4.74. The van der Waals surface area contributed by atoms with Crippen molar-refractivity contribution < 1.29 is 18.3 Å². The van der Waals surface area contributed by atoms with Crippen LogP contribution >= 0.6 is 0 Å². The molecule has 2 aromatic carbocycles. The number of amides is 1. The zero-order valence-electron chi connectivity index (χ0n) is 13.1. The van der Waals surface area contributed by atoms with Crippen molar-refractivity contribution in [3.63, 3.8) is 0 Å². The van der Waals surface area contributed by atoms with Crippen molar-refractivity contribution in [3.8, 4) is 0 Å². The van der Waals surface area contributed by atoms with Gasteiger partial charge in [0, 0.05) is 25.3 Å². The lowest BCUT2D eigenvalue weighted by Gasteiger charge is -2.09. The Kier molecular flexibility index (Phi) is 6.48. The molecule has 0 saturated carbocycles. The van der Waals surface area contributed by atoms with E-state index in [1.807, 2.05) is 30.3 Å². The molecule has 0 bridgehead atoms. The molecule has 0 unspecified atom stereocenters. The number of rotatable bonds is 8. The molecule has 0 aromatic heterocycles. The second-order valence-corrected chi connectivity index (χ2v) is 6.94. The molecule has 0 spiro atoms. The monoisotopic (exact) mass is 348 g/mol. The maximum absolute atomic E-state index is 12.4. The van der Waals surface area contributed by atoms with Crippen LogP contribution in [0.25, 0.3) is 0 Å². The molecule has 7 heteroatoms. The molecule has 3 N–H and O–H groups in total. The summed E-state index contributed by atoms with van der Waals surface area (Å²) in [5, 5.41) is 11.3. The van der Waals surface area contributed by atoms with E-state index in [0.717, 1.165) is 5.56 Å². The molecule has 2 aromatic rings. The number of benzene rings is 2. The highest BCUT2D eigenvalue weighted by atomic mass is 32.2. The van der Waals surface area contributed by atoms with E-state index >= 15 is 0 Å². The van der Waals surface area contributed by atoms with Gasteiger partial charge in [-0.2, -0.15) is 0 Å². The van der Waals surface area contributed by atoms with Crippen LogP contribution in [0.5, 0.6) is 0 Å². The second-order valence-electron chi connectivity index (χ2n) is 5.17. The van der Waals surface area contributed by atoms with Crippen LogP contribution in [0.1, 0.15) is 22.3 Å². The topological polar surface area (TPSA) is 95.5 Å². The zero-order valence-corrected chi connectivity index (χ0v) is 13.9. The highest BCUT2D eigenvalue weighted by Crippen LogP contribution is 2.12. The molecule has 0 aliphatic rings. The third kappa shape index (κ3) is 5.16. The lowest BCUT2D eigenvalue weighted by atomic mass is 10.2. The molecule has 1 amide bonds. The highest BCUT2D eigenvalue weighted by molar-refractivity contribution is 7.89. The van der Waals surface area contributed by atoms with Gasteiger partial charge in [-0.05, 0) is 30.2 Å². The Bertz CT molecular complexity index is 776. The van der Waals surface area contributed by atoms with Crippen molar-refractivity contribution in [2.24, 2.45) is 0 Å². The Hall–Kier alpha value is -2.22. The predicted octanol–water partition coefficient (Wildman–Crippen LogP) is 1.28. The first kappa shape index (κ1) is 18.1. The molecule has 24 heavy (non-hydrogen) atoms. The Morgan fingerprint density at radius 1 is 1.04 bits per heavy atom. The minimum atomic E-state index is -3.71. The van der Waals surface area contributed by atoms with Crippen LogP contribution in [0.2, 0.25) is 0 Å². The summed E-state index contributed by atoms with van der Waals surface area (Å²) in [5.41, 5.74) is 1.11. The Morgan fingerprint density at radius 3 is 2.50 bits per heavy atom. The van der Waals surface area contributed by atoms with Gasteiger partial charge in [0.2, 0.25) is 10.0 Å². The van der Waals surface area contributed by atoms with Crippen LogP contribution in [0.3, 0.4) is 0 Å². The quantitative estimate of drug-likeness (QED) is 0.626. The first-order chi connectivity index (χ1) is 11.5. The summed E-state index contributed by atoms with van der Waals surface area (Å²) in [6.07, 6.45) is 0.447. The van der Waals surface area contributed by atoms with Gasteiger partial charge >= 0.3 is 0 Å². The van der Waals surface area contributed by atoms with Gasteiger partial charge in [-0.1, -0.05) is 36.4 Å². The number of nitrogens with one attached hydrogen (secondary N) is 2. The summed E-state index contributed by atoms with van der Waals surface area (Å²) in [7, 11) is -3.71. The number of hydrogen-bond acceptors (Lipinski definition) is 4. The number of hydrogen-bond donors (Lipinski definition) is 3. The first-order valence-corrected chi connectivity index (χ1v) is 9.04. The van der Waals surface area contributed by atoms with Gasteiger partial charge in [-0.25, -0.2) is 13.1 Å². The number of carbonyl (C=O) groups excluding carboxylic acids is 1. The van der Waals surface area contributed by atoms with E-state index in [2.05, 4.69) is 10.0 Å². The lowest BCUT2D eigenvalue weighted by molar-refractivity contribution is 0.0951. The fourth-order valence-electron chi connectivity index (χ4n) is 2.05. The molecule has 0 aliphatic heterocycles. The van der Waals surface area contributed by atoms with Gasteiger partial charge in [0.1, 0.15) is 0 Å². The minimum Gasteiger partial charge on any atom is -0.396 e. The summed E-state index contributed by atoms with van der Waals surface area (Å²) >= 11 is 0.